The first-order valence-corrected chi connectivity index (χ1v) is 10.9. The van der Waals surface area contributed by atoms with Crippen LogP contribution < -0.4 is 11.1 Å². The highest BCUT2D eigenvalue weighted by Gasteiger charge is 2.17. The van der Waals surface area contributed by atoms with Crippen molar-refractivity contribution in [3.63, 3.8) is 0 Å². The third-order valence-corrected chi connectivity index (χ3v) is 6.67. The van der Waals surface area contributed by atoms with Crippen LogP contribution in [0.1, 0.15) is 12.1 Å². The molecule has 0 saturated carbocycles. The number of rotatable bonds is 5. The monoisotopic (exact) mass is 425 g/mol. The molecule has 8 nitrogen and oxygen atoms in total. The van der Waals surface area contributed by atoms with Gasteiger partial charge in [0.25, 0.3) is 11.1 Å². The minimum Gasteiger partial charge on any atom is -0.379 e. The molecule has 0 atom stereocenters. The second-order valence-corrected chi connectivity index (χ2v) is 8.54. The van der Waals surface area contributed by atoms with Crippen molar-refractivity contribution in [1.29, 1.82) is 0 Å². The molecular formula is C21H23N5O3S. The molecule has 4 heterocycles. The molecule has 1 aromatic carbocycles. The van der Waals surface area contributed by atoms with Crippen molar-refractivity contribution in [1.82, 2.24) is 24.2 Å². The van der Waals surface area contributed by atoms with E-state index in [1.807, 2.05) is 31.2 Å². The summed E-state index contributed by atoms with van der Waals surface area (Å²) >= 11 is 1.44. The molecule has 4 aromatic rings. The summed E-state index contributed by atoms with van der Waals surface area (Å²) in [6.45, 7) is 6.73. The summed E-state index contributed by atoms with van der Waals surface area (Å²) in [5.74, 6) is 0. The Kier molecular flexibility index (Phi) is 5.01. The summed E-state index contributed by atoms with van der Waals surface area (Å²) in [5, 5.41) is 4.19. The maximum Gasteiger partial charge on any atom is 0.282 e. The molecule has 1 aliphatic rings. The van der Waals surface area contributed by atoms with Gasteiger partial charge < -0.3 is 9.30 Å². The predicted molar refractivity (Wildman–Crippen MR) is 118 cm³/mol. The fourth-order valence-electron chi connectivity index (χ4n) is 4.06. The Hall–Kier alpha value is -2.75. The molecule has 0 radical (unpaired) electrons. The van der Waals surface area contributed by atoms with Crippen LogP contribution in [-0.4, -0.2) is 57.1 Å². The van der Waals surface area contributed by atoms with Crippen LogP contribution >= 0.6 is 11.3 Å². The normalized spacial score (nSPS) is 15.4. The minimum absolute atomic E-state index is 0.0975. The average Bonchev–Trinajstić information content (AvgIpc) is 3.32. The van der Waals surface area contributed by atoms with Gasteiger partial charge in [0.15, 0.2) is 0 Å². The van der Waals surface area contributed by atoms with Gasteiger partial charge in [0.2, 0.25) is 5.13 Å². The fourth-order valence-corrected chi connectivity index (χ4v) is 4.98. The van der Waals surface area contributed by atoms with Gasteiger partial charge in [-0.3, -0.25) is 19.6 Å². The number of hydrogen-bond acceptors (Lipinski definition) is 6. The van der Waals surface area contributed by atoms with Crippen LogP contribution in [0.3, 0.4) is 0 Å². The number of H-pyrrole nitrogens is 1. The maximum atomic E-state index is 13.2. The summed E-state index contributed by atoms with van der Waals surface area (Å²) in [4.78, 5) is 32.8. The number of morpholine rings is 1. The van der Waals surface area contributed by atoms with E-state index < -0.39 is 0 Å². The van der Waals surface area contributed by atoms with Gasteiger partial charge >= 0.3 is 0 Å². The molecule has 0 bridgehead atoms. The number of thiazole rings is 1. The Labute approximate surface area is 176 Å². The van der Waals surface area contributed by atoms with E-state index in [-0.39, 0.29) is 11.1 Å². The Morgan fingerprint density at radius 2 is 1.97 bits per heavy atom. The second kappa shape index (κ2) is 7.82. The van der Waals surface area contributed by atoms with Crippen LogP contribution in [0.5, 0.6) is 0 Å². The largest absolute Gasteiger partial charge is 0.379 e. The number of benzene rings is 1. The topological polar surface area (TPSA) is 85.2 Å². The number of hydrogen-bond donors (Lipinski definition) is 1. The molecule has 5 rings (SSSR count). The number of aromatic nitrogens is 4. The maximum absolute atomic E-state index is 13.2. The summed E-state index contributed by atoms with van der Waals surface area (Å²) in [6.07, 6.45) is 0.850. The van der Waals surface area contributed by atoms with E-state index in [1.54, 1.807) is 4.57 Å². The highest BCUT2D eigenvalue weighted by molar-refractivity contribution is 7.20. The van der Waals surface area contributed by atoms with Crippen molar-refractivity contribution >= 4 is 32.5 Å². The molecule has 1 fully saturated rings. The van der Waals surface area contributed by atoms with E-state index in [9.17, 15) is 9.59 Å². The van der Waals surface area contributed by atoms with Crippen LogP contribution in [0.15, 0.2) is 39.9 Å². The first kappa shape index (κ1) is 19.2. The summed E-state index contributed by atoms with van der Waals surface area (Å²) in [5.41, 5.74) is 1.82. The smallest absolute Gasteiger partial charge is 0.282 e. The van der Waals surface area contributed by atoms with Crippen LogP contribution in [0, 0.1) is 6.92 Å². The van der Waals surface area contributed by atoms with Crippen LogP contribution in [0.4, 0.5) is 0 Å². The lowest BCUT2D eigenvalue weighted by atomic mass is 10.2. The lowest BCUT2D eigenvalue weighted by molar-refractivity contribution is 0.0369. The zero-order valence-electron chi connectivity index (χ0n) is 16.8. The zero-order chi connectivity index (χ0) is 20.7. The van der Waals surface area contributed by atoms with Crippen molar-refractivity contribution < 1.29 is 4.74 Å². The molecule has 30 heavy (non-hydrogen) atoms. The lowest BCUT2D eigenvalue weighted by Gasteiger charge is -2.26. The fraction of sp³-hybridized carbons (Fsp3) is 0.381. The van der Waals surface area contributed by atoms with Crippen LogP contribution in [0.25, 0.3) is 26.3 Å². The quantitative estimate of drug-likeness (QED) is 0.529. The lowest BCUT2D eigenvalue weighted by Crippen LogP contribution is -2.37. The van der Waals surface area contributed by atoms with Gasteiger partial charge in [0.1, 0.15) is 0 Å². The molecule has 0 amide bonds. The standard InChI is InChI=1S/C21H23N5O3S/c1-14-19-16(13-18(27)25(14)8-4-7-24-9-11-29-12-10-24)23-26(20(19)28)21-22-15-5-2-3-6-17(15)30-21/h2-3,5-6,13,23H,4,7-12H2,1H3. The van der Waals surface area contributed by atoms with E-state index in [4.69, 9.17) is 4.74 Å². The molecule has 1 aliphatic heterocycles. The Balaban J connectivity index is 1.48. The third kappa shape index (κ3) is 3.38. The minimum atomic E-state index is -0.177. The molecule has 3 aromatic heterocycles. The zero-order valence-corrected chi connectivity index (χ0v) is 17.6. The number of nitrogens with one attached hydrogen (secondary N) is 1. The average molecular weight is 426 g/mol. The summed E-state index contributed by atoms with van der Waals surface area (Å²) in [7, 11) is 0. The number of para-hydroxylation sites is 1. The van der Waals surface area contributed by atoms with Crippen LogP contribution in [-0.2, 0) is 11.3 Å². The summed E-state index contributed by atoms with van der Waals surface area (Å²) in [6, 6.07) is 9.29. The van der Waals surface area contributed by atoms with Gasteiger partial charge in [-0.05, 0) is 25.5 Å². The number of fused-ring (bicyclic) bond motifs is 2. The highest BCUT2D eigenvalue weighted by atomic mass is 32.1. The first-order chi connectivity index (χ1) is 14.6. The van der Waals surface area contributed by atoms with Gasteiger partial charge in [-0.2, -0.15) is 4.68 Å². The number of pyridine rings is 1. The molecule has 1 saturated heterocycles. The molecule has 9 heteroatoms. The number of aromatic amines is 1. The molecule has 0 unspecified atom stereocenters. The highest BCUT2D eigenvalue weighted by Crippen LogP contribution is 2.24. The number of nitrogens with zero attached hydrogens (tertiary/aromatic N) is 4. The van der Waals surface area contributed by atoms with E-state index in [0.717, 1.165) is 49.5 Å². The van der Waals surface area contributed by atoms with Crippen molar-refractivity contribution in [2.45, 2.75) is 19.9 Å². The van der Waals surface area contributed by atoms with E-state index in [2.05, 4.69) is 15.0 Å². The van der Waals surface area contributed by atoms with Crippen molar-refractivity contribution in [2.24, 2.45) is 0 Å². The van der Waals surface area contributed by atoms with Gasteiger partial charge in [0, 0.05) is 37.9 Å². The van der Waals surface area contributed by atoms with Gasteiger partial charge in [-0.15, -0.1) is 0 Å². The van der Waals surface area contributed by atoms with E-state index >= 15 is 0 Å². The van der Waals surface area contributed by atoms with E-state index in [1.165, 1.54) is 22.1 Å². The van der Waals surface area contributed by atoms with Crippen LogP contribution in [0.2, 0.25) is 0 Å². The molecular weight excluding hydrogens is 402 g/mol. The number of ether oxygens (including phenoxy) is 1. The van der Waals surface area contributed by atoms with E-state index in [0.29, 0.717) is 28.3 Å². The molecule has 0 spiro atoms. The molecule has 156 valence electrons. The Bertz CT molecular complexity index is 1290. The van der Waals surface area contributed by atoms with Crippen molar-refractivity contribution in [3.8, 4) is 5.13 Å². The number of aryl methyl sites for hydroxylation is 1. The first-order valence-electron chi connectivity index (χ1n) is 10.1. The Morgan fingerprint density at radius 1 is 1.17 bits per heavy atom. The SMILES string of the molecule is Cc1c2c(=O)n(-c3nc4ccccc4s3)[nH]c2cc(=O)n1CCCN1CCOCC1. The van der Waals surface area contributed by atoms with Gasteiger partial charge in [-0.1, -0.05) is 23.5 Å². The van der Waals surface area contributed by atoms with Crippen molar-refractivity contribution in [3.05, 3.63) is 56.7 Å². The van der Waals surface area contributed by atoms with Crippen molar-refractivity contribution in [2.75, 3.05) is 32.8 Å². The van der Waals surface area contributed by atoms with Gasteiger partial charge in [0.05, 0.1) is 34.3 Å². The molecule has 1 N–H and O–H groups in total. The second-order valence-electron chi connectivity index (χ2n) is 7.53. The predicted octanol–water partition coefficient (Wildman–Crippen LogP) is 2.12. The van der Waals surface area contributed by atoms with Gasteiger partial charge in [-0.25, -0.2) is 4.98 Å². The molecule has 0 aliphatic carbocycles. The summed E-state index contributed by atoms with van der Waals surface area (Å²) < 4.78 is 9.55. The third-order valence-electron chi connectivity index (χ3n) is 5.65. The Morgan fingerprint density at radius 3 is 2.77 bits per heavy atom.